The SMILES string of the molecule is C#CC(NC(=O)c1nnc(Cl)s1)C(C)C. The summed E-state index contributed by atoms with van der Waals surface area (Å²) >= 11 is 6.58. The molecule has 1 N–H and O–H groups in total. The summed E-state index contributed by atoms with van der Waals surface area (Å²) in [5, 5.41) is 10.0. The van der Waals surface area contributed by atoms with Gasteiger partial charge in [-0.2, -0.15) is 0 Å². The molecule has 80 valence electrons. The molecule has 1 rings (SSSR count). The number of carbonyl (C=O) groups excluding carboxylic acids is 1. The number of nitrogens with zero attached hydrogens (tertiary/aromatic N) is 2. The maximum atomic E-state index is 11.6. The summed E-state index contributed by atoms with van der Waals surface area (Å²) in [5.41, 5.74) is 0. The molecular formula is C9H10ClN3OS. The number of terminal acetylenes is 1. The van der Waals surface area contributed by atoms with Crippen molar-refractivity contribution in [1.29, 1.82) is 0 Å². The second-order valence-electron chi connectivity index (χ2n) is 3.22. The van der Waals surface area contributed by atoms with Crippen LogP contribution in [0.5, 0.6) is 0 Å². The third-order valence-electron chi connectivity index (χ3n) is 1.73. The Morgan fingerprint density at radius 3 is 2.67 bits per heavy atom. The van der Waals surface area contributed by atoms with E-state index in [0.717, 1.165) is 11.3 Å². The highest BCUT2D eigenvalue weighted by molar-refractivity contribution is 7.17. The minimum atomic E-state index is -0.337. The van der Waals surface area contributed by atoms with Gasteiger partial charge in [0, 0.05) is 0 Å². The Morgan fingerprint density at radius 1 is 1.60 bits per heavy atom. The van der Waals surface area contributed by atoms with Crippen LogP contribution >= 0.6 is 22.9 Å². The highest BCUT2D eigenvalue weighted by atomic mass is 35.5. The fraction of sp³-hybridized carbons (Fsp3) is 0.444. The van der Waals surface area contributed by atoms with E-state index >= 15 is 0 Å². The van der Waals surface area contributed by atoms with Crippen molar-refractivity contribution in [1.82, 2.24) is 15.5 Å². The van der Waals surface area contributed by atoms with Crippen molar-refractivity contribution >= 4 is 28.8 Å². The summed E-state index contributed by atoms with van der Waals surface area (Å²) in [6.07, 6.45) is 5.28. The summed E-state index contributed by atoms with van der Waals surface area (Å²) in [5.74, 6) is 2.33. The topological polar surface area (TPSA) is 54.9 Å². The van der Waals surface area contributed by atoms with E-state index in [1.807, 2.05) is 13.8 Å². The van der Waals surface area contributed by atoms with Crippen LogP contribution < -0.4 is 5.32 Å². The number of rotatable bonds is 3. The lowest BCUT2D eigenvalue weighted by atomic mass is 10.1. The van der Waals surface area contributed by atoms with Gasteiger partial charge in [0.25, 0.3) is 5.91 Å². The van der Waals surface area contributed by atoms with Crippen LogP contribution in [0.4, 0.5) is 0 Å². The lowest BCUT2D eigenvalue weighted by molar-refractivity contribution is 0.0937. The highest BCUT2D eigenvalue weighted by Gasteiger charge is 2.17. The average Bonchev–Trinajstić information content (AvgIpc) is 2.60. The van der Waals surface area contributed by atoms with Crippen molar-refractivity contribution in [3.8, 4) is 12.3 Å². The number of hydrogen-bond donors (Lipinski definition) is 1. The molecule has 0 saturated carbocycles. The molecule has 1 atom stereocenters. The first-order valence-corrected chi connectivity index (χ1v) is 5.50. The Kier molecular flexibility index (Phi) is 4.06. The van der Waals surface area contributed by atoms with Gasteiger partial charge < -0.3 is 5.32 Å². The van der Waals surface area contributed by atoms with E-state index in [0.29, 0.717) is 0 Å². The van der Waals surface area contributed by atoms with Crippen molar-refractivity contribution in [2.45, 2.75) is 19.9 Å². The van der Waals surface area contributed by atoms with Crippen LogP contribution in [0.2, 0.25) is 4.47 Å². The van der Waals surface area contributed by atoms with Gasteiger partial charge in [-0.1, -0.05) is 31.1 Å². The molecule has 1 amide bonds. The van der Waals surface area contributed by atoms with Gasteiger partial charge in [-0.3, -0.25) is 4.79 Å². The van der Waals surface area contributed by atoms with Gasteiger partial charge in [-0.25, -0.2) is 0 Å². The van der Waals surface area contributed by atoms with Crippen LogP contribution in [0.1, 0.15) is 23.6 Å². The molecule has 15 heavy (non-hydrogen) atoms. The Labute approximate surface area is 97.0 Å². The van der Waals surface area contributed by atoms with Crippen LogP contribution in [0, 0.1) is 18.3 Å². The summed E-state index contributed by atoms with van der Waals surface area (Å²) < 4.78 is 0.238. The maximum Gasteiger partial charge on any atom is 0.283 e. The first kappa shape index (κ1) is 12.0. The molecule has 0 spiro atoms. The Morgan fingerprint density at radius 2 is 2.27 bits per heavy atom. The second-order valence-corrected chi connectivity index (χ2v) is 4.78. The molecule has 1 aromatic heterocycles. The van der Waals surface area contributed by atoms with E-state index in [-0.39, 0.29) is 27.3 Å². The highest BCUT2D eigenvalue weighted by Crippen LogP contribution is 2.15. The zero-order valence-electron chi connectivity index (χ0n) is 8.32. The van der Waals surface area contributed by atoms with E-state index in [9.17, 15) is 4.79 Å². The summed E-state index contributed by atoms with van der Waals surface area (Å²) in [6.45, 7) is 3.86. The van der Waals surface area contributed by atoms with Crippen molar-refractivity contribution in [2.75, 3.05) is 0 Å². The quantitative estimate of drug-likeness (QED) is 0.820. The fourth-order valence-corrected chi connectivity index (χ4v) is 1.63. The molecule has 0 aromatic carbocycles. The van der Waals surface area contributed by atoms with Gasteiger partial charge in [0.15, 0.2) is 0 Å². The molecule has 4 nitrogen and oxygen atoms in total. The minimum Gasteiger partial charge on any atom is -0.336 e. The third-order valence-corrected chi connectivity index (χ3v) is 2.74. The summed E-state index contributed by atoms with van der Waals surface area (Å²) in [6, 6.07) is -0.305. The van der Waals surface area contributed by atoms with Gasteiger partial charge in [0.1, 0.15) is 0 Å². The average molecular weight is 244 g/mol. The first-order chi connectivity index (χ1) is 7.04. The minimum absolute atomic E-state index is 0.169. The predicted octanol–water partition coefficient (Wildman–Crippen LogP) is 1.58. The lowest BCUT2D eigenvalue weighted by Crippen LogP contribution is -2.37. The predicted molar refractivity (Wildman–Crippen MR) is 59.8 cm³/mol. The largest absolute Gasteiger partial charge is 0.336 e. The monoisotopic (exact) mass is 243 g/mol. The van der Waals surface area contributed by atoms with Crippen LogP contribution in [0.3, 0.4) is 0 Å². The van der Waals surface area contributed by atoms with Crippen molar-refractivity contribution in [2.24, 2.45) is 5.92 Å². The molecule has 1 heterocycles. The Hall–Kier alpha value is -1.12. The summed E-state index contributed by atoms with van der Waals surface area (Å²) in [4.78, 5) is 11.6. The molecule has 1 aromatic rings. The Balaban J connectivity index is 2.68. The van der Waals surface area contributed by atoms with Crippen molar-refractivity contribution < 1.29 is 4.79 Å². The van der Waals surface area contributed by atoms with Gasteiger partial charge >= 0.3 is 0 Å². The molecule has 0 aliphatic rings. The standard InChI is InChI=1S/C9H10ClN3OS/c1-4-6(5(2)3)11-7(14)8-12-13-9(10)15-8/h1,5-6H,2-3H3,(H,11,14). The fourth-order valence-electron chi connectivity index (χ4n) is 0.901. The zero-order chi connectivity index (χ0) is 11.4. The number of halogens is 1. The molecule has 0 fully saturated rings. The van der Waals surface area contributed by atoms with E-state index in [4.69, 9.17) is 18.0 Å². The second kappa shape index (κ2) is 5.10. The van der Waals surface area contributed by atoms with Crippen LogP contribution in [-0.2, 0) is 0 Å². The van der Waals surface area contributed by atoms with E-state index in [2.05, 4.69) is 21.4 Å². The summed E-state index contributed by atoms with van der Waals surface area (Å²) in [7, 11) is 0. The van der Waals surface area contributed by atoms with E-state index in [1.54, 1.807) is 0 Å². The molecular weight excluding hydrogens is 234 g/mol. The molecule has 1 unspecified atom stereocenters. The lowest BCUT2D eigenvalue weighted by Gasteiger charge is -2.15. The molecule has 0 aliphatic carbocycles. The van der Waals surface area contributed by atoms with Gasteiger partial charge in [0.05, 0.1) is 6.04 Å². The van der Waals surface area contributed by atoms with E-state index < -0.39 is 0 Å². The molecule has 0 bridgehead atoms. The maximum absolute atomic E-state index is 11.6. The normalized spacial score (nSPS) is 12.2. The van der Waals surface area contributed by atoms with E-state index in [1.165, 1.54) is 0 Å². The molecule has 0 saturated heterocycles. The van der Waals surface area contributed by atoms with Crippen LogP contribution in [-0.4, -0.2) is 22.1 Å². The van der Waals surface area contributed by atoms with Gasteiger partial charge in [-0.05, 0) is 17.5 Å². The third kappa shape index (κ3) is 3.18. The molecule has 0 radical (unpaired) electrons. The smallest absolute Gasteiger partial charge is 0.283 e. The molecule has 0 aliphatic heterocycles. The number of amides is 1. The number of nitrogens with one attached hydrogen (secondary N) is 1. The van der Waals surface area contributed by atoms with Crippen molar-refractivity contribution in [3.63, 3.8) is 0 Å². The Bertz CT molecular complexity index is 396. The van der Waals surface area contributed by atoms with Crippen LogP contribution in [0.25, 0.3) is 0 Å². The molecule has 6 heteroatoms. The first-order valence-electron chi connectivity index (χ1n) is 4.30. The van der Waals surface area contributed by atoms with Gasteiger partial charge in [-0.15, -0.1) is 16.6 Å². The van der Waals surface area contributed by atoms with Crippen LogP contribution in [0.15, 0.2) is 0 Å². The number of carbonyl (C=O) groups is 1. The van der Waals surface area contributed by atoms with Crippen molar-refractivity contribution in [3.05, 3.63) is 9.47 Å². The zero-order valence-corrected chi connectivity index (χ0v) is 9.89. The van der Waals surface area contributed by atoms with Gasteiger partial charge in [0.2, 0.25) is 9.47 Å². The number of aromatic nitrogens is 2. The number of hydrogen-bond acceptors (Lipinski definition) is 4.